The van der Waals surface area contributed by atoms with Crippen molar-refractivity contribution in [1.82, 2.24) is 0 Å². The first-order valence-corrected chi connectivity index (χ1v) is 5.09. The molecule has 1 aromatic rings. The van der Waals surface area contributed by atoms with Crippen LogP contribution < -0.4 is 0 Å². The molecule has 0 saturated carbocycles. The van der Waals surface area contributed by atoms with Crippen molar-refractivity contribution in [1.29, 1.82) is 0 Å². The van der Waals surface area contributed by atoms with Crippen LogP contribution in [0.15, 0.2) is 16.6 Å². The van der Waals surface area contributed by atoms with Crippen LogP contribution in [0.2, 0.25) is 0 Å². The van der Waals surface area contributed by atoms with Gasteiger partial charge in [-0.05, 0) is 40.0 Å². The van der Waals surface area contributed by atoms with Crippen molar-refractivity contribution in [2.24, 2.45) is 0 Å². The molecule has 0 radical (unpaired) electrons. The van der Waals surface area contributed by atoms with Gasteiger partial charge in [-0.1, -0.05) is 6.07 Å². The highest BCUT2D eigenvalue weighted by atomic mass is 79.9. The average molecular weight is 297 g/mol. The number of carbonyl (C=O) groups is 1. The number of benzene rings is 1. The number of aliphatic carboxylic acids is 1. The third-order valence-corrected chi connectivity index (χ3v) is 2.75. The Bertz CT molecular complexity index is 432. The Balaban J connectivity index is 3.15. The lowest BCUT2D eigenvalue weighted by atomic mass is 10.0. The molecule has 0 bridgehead atoms. The highest BCUT2D eigenvalue weighted by Crippen LogP contribution is 2.28. The van der Waals surface area contributed by atoms with E-state index in [9.17, 15) is 18.0 Å². The van der Waals surface area contributed by atoms with Crippen LogP contribution in [0.1, 0.15) is 11.1 Å². The molecule has 2 nitrogen and oxygen atoms in total. The van der Waals surface area contributed by atoms with Crippen molar-refractivity contribution in [2.45, 2.75) is 19.3 Å². The van der Waals surface area contributed by atoms with Crippen LogP contribution in [-0.2, 0) is 11.2 Å². The van der Waals surface area contributed by atoms with Crippen LogP contribution in [0, 0.1) is 12.7 Å². The van der Waals surface area contributed by atoms with E-state index in [-0.39, 0.29) is 10.0 Å². The summed E-state index contributed by atoms with van der Waals surface area (Å²) in [4.78, 5) is 10.2. The SMILES string of the molecule is Cc1ccc(Br)c(F)c1CC(F)(F)C(=O)O. The molecule has 0 atom stereocenters. The Hall–Kier alpha value is -1.04. The summed E-state index contributed by atoms with van der Waals surface area (Å²) in [5, 5.41) is 8.27. The third kappa shape index (κ3) is 2.55. The van der Waals surface area contributed by atoms with E-state index in [1.54, 1.807) is 0 Å². The number of rotatable bonds is 3. The van der Waals surface area contributed by atoms with Crippen molar-refractivity contribution < 1.29 is 23.1 Å². The number of hydrogen-bond donors (Lipinski definition) is 1. The summed E-state index contributed by atoms with van der Waals surface area (Å²) in [7, 11) is 0. The van der Waals surface area contributed by atoms with Crippen LogP contribution in [0.3, 0.4) is 0 Å². The zero-order valence-electron chi connectivity index (χ0n) is 8.23. The fourth-order valence-corrected chi connectivity index (χ4v) is 1.58. The number of alkyl halides is 2. The van der Waals surface area contributed by atoms with Crippen molar-refractivity contribution in [3.05, 3.63) is 33.5 Å². The van der Waals surface area contributed by atoms with E-state index in [2.05, 4.69) is 15.9 Å². The summed E-state index contributed by atoms with van der Waals surface area (Å²) in [6.45, 7) is 1.45. The third-order valence-electron chi connectivity index (χ3n) is 2.14. The Kier molecular flexibility index (Phi) is 3.62. The first kappa shape index (κ1) is 13.0. The predicted octanol–water partition coefficient (Wildman–Crippen LogP) is 3.16. The van der Waals surface area contributed by atoms with E-state index >= 15 is 0 Å². The van der Waals surface area contributed by atoms with Gasteiger partial charge in [0.2, 0.25) is 0 Å². The molecule has 0 aliphatic carbocycles. The highest BCUT2D eigenvalue weighted by molar-refractivity contribution is 9.10. The molecule has 0 aliphatic rings. The minimum absolute atomic E-state index is 0.0364. The Morgan fingerprint density at radius 1 is 1.50 bits per heavy atom. The van der Waals surface area contributed by atoms with Gasteiger partial charge in [-0.25, -0.2) is 9.18 Å². The number of carboxylic acids is 1. The maximum atomic E-state index is 13.5. The van der Waals surface area contributed by atoms with E-state index in [4.69, 9.17) is 5.11 Å². The van der Waals surface area contributed by atoms with Crippen molar-refractivity contribution in [2.75, 3.05) is 0 Å². The molecule has 1 rings (SSSR count). The molecule has 16 heavy (non-hydrogen) atoms. The Morgan fingerprint density at radius 2 is 2.06 bits per heavy atom. The molecule has 0 aliphatic heterocycles. The minimum atomic E-state index is -3.97. The van der Waals surface area contributed by atoms with Crippen LogP contribution in [0.5, 0.6) is 0 Å². The number of carboxylic acid groups (broad SMARTS) is 1. The van der Waals surface area contributed by atoms with Crippen LogP contribution >= 0.6 is 15.9 Å². The monoisotopic (exact) mass is 296 g/mol. The van der Waals surface area contributed by atoms with Gasteiger partial charge in [-0.2, -0.15) is 8.78 Å². The van der Waals surface area contributed by atoms with E-state index in [1.807, 2.05) is 0 Å². The van der Waals surface area contributed by atoms with Gasteiger partial charge in [-0.3, -0.25) is 0 Å². The van der Waals surface area contributed by atoms with E-state index in [0.29, 0.717) is 5.56 Å². The lowest BCUT2D eigenvalue weighted by molar-refractivity contribution is -0.164. The lowest BCUT2D eigenvalue weighted by Crippen LogP contribution is -2.31. The summed E-state index contributed by atoms with van der Waals surface area (Å²) >= 11 is 2.86. The van der Waals surface area contributed by atoms with Crippen LogP contribution in [-0.4, -0.2) is 17.0 Å². The molecule has 0 amide bonds. The fourth-order valence-electron chi connectivity index (χ4n) is 1.20. The van der Waals surface area contributed by atoms with Gasteiger partial charge in [0.1, 0.15) is 5.82 Å². The van der Waals surface area contributed by atoms with Gasteiger partial charge in [0, 0.05) is 0 Å². The summed E-state index contributed by atoms with van der Waals surface area (Å²) < 4.78 is 39.4. The maximum Gasteiger partial charge on any atom is 0.374 e. The minimum Gasteiger partial charge on any atom is -0.477 e. The molecule has 0 saturated heterocycles. The van der Waals surface area contributed by atoms with Crippen LogP contribution in [0.25, 0.3) is 0 Å². The summed E-state index contributed by atoms with van der Waals surface area (Å²) in [5.74, 6) is -7.07. The largest absolute Gasteiger partial charge is 0.477 e. The van der Waals surface area contributed by atoms with Gasteiger partial charge in [0.05, 0.1) is 10.9 Å². The second-order valence-electron chi connectivity index (χ2n) is 3.34. The van der Waals surface area contributed by atoms with E-state index in [1.165, 1.54) is 19.1 Å². The predicted molar refractivity (Wildman–Crippen MR) is 55.1 cm³/mol. The fraction of sp³-hybridized carbons (Fsp3) is 0.300. The van der Waals surface area contributed by atoms with Crippen molar-refractivity contribution in [3.8, 4) is 0 Å². The topological polar surface area (TPSA) is 37.3 Å². The molecule has 0 spiro atoms. The van der Waals surface area contributed by atoms with E-state index in [0.717, 1.165) is 0 Å². The normalized spacial score (nSPS) is 11.6. The summed E-state index contributed by atoms with van der Waals surface area (Å²) in [6.07, 6.45) is -1.15. The molecular weight excluding hydrogens is 289 g/mol. The zero-order valence-corrected chi connectivity index (χ0v) is 9.82. The number of hydrogen-bond acceptors (Lipinski definition) is 1. The molecular formula is C10H8BrF3O2. The van der Waals surface area contributed by atoms with Crippen molar-refractivity contribution >= 4 is 21.9 Å². The van der Waals surface area contributed by atoms with Gasteiger partial charge in [0.25, 0.3) is 0 Å². The molecule has 88 valence electrons. The molecule has 1 aromatic carbocycles. The number of halogens is 4. The van der Waals surface area contributed by atoms with Crippen LogP contribution in [0.4, 0.5) is 13.2 Å². The Morgan fingerprint density at radius 3 is 2.56 bits per heavy atom. The Labute approximate surface area is 98.2 Å². The summed E-state index contributed by atoms with van der Waals surface area (Å²) in [6, 6.07) is 2.83. The smallest absolute Gasteiger partial charge is 0.374 e. The first-order chi connectivity index (χ1) is 7.25. The zero-order chi connectivity index (χ0) is 12.5. The molecule has 0 heterocycles. The first-order valence-electron chi connectivity index (χ1n) is 4.30. The quantitative estimate of drug-likeness (QED) is 0.930. The molecule has 0 fully saturated rings. The van der Waals surface area contributed by atoms with Gasteiger partial charge < -0.3 is 5.11 Å². The standard InChI is InChI=1S/C10H8BrF3O2/c1-5-2-3-7(11)8(12)6(5)4-10(13,14)9(15)16/h2-3H,4H2,1H3,(H,15,16). The molecule has 0 unspecified atom stereocenters. The summed E-state index contributed by atoms with van der Waals surface area (Å²) in [5.41, 5.74) is 0.00315. The highest BCUT2D eigenvalue weighted by Gasteiger charge is 2.40. The molecule has 1 N–H and O–H groups in total. The maximum absolute atomic E-state index is 13.5. The van der Waals surface area contributed by atoms with Gasteiger partial charge in [0.15, 0.2) is 0 Å². The molecule has 6 heteroatoms. The lowest BCUT2D eigenvalue weighted by Gasteiger charge is -2.14. The van der Waals surface area contributed by atoms with Crippen molar-refractivity contribution in [3.63, 3.8) is 0 Å². The van der Waals surface area contributed by atoms with Gasteiger partial charge in [-0.15, -0.1) is 0 Å². The second-order valence-corrected chi connectivity index (χ2v) is 4.20. The van der Waals surface area contributed by atoms with Gasteiger partial charge >= 0.3 is 11.9 Å². The molecule has 0 aromatic heterocycles. The van der Waals surface area contributed by atoms with E-state index < -0.39 is 24.1 Å². The second kappa shape index (κ2) is 4.45. The average Bonchev–Trinajstić information content (AvgIpc) is 2.18. The number of aryl methyl sites for hydroxylation is 1.